The molecule has 0 atom stereocenters. The summed E-state index contributed by atoms with van der Waals surface area (Å²) in [6.07, 6.45) is 43.1. The zero-order valence-electron chi connectivity index (χ0n) is 31.4. The minimum Gasteiger partial charge on any atom is -0.748 e. The molecule has 0 amide bonds. The Labute approximate surface area is 325 Å². The third-order valence-electron chi connectivity index (χ3n) is 9.00. The van der Waals surface area contributed by atoms with Gasteiger partial charge in [-0.2, -0.15) is 0 Å². The summed E-state index contributed by atoms with van der Waals surface area (Å²) in [5, 5.41) is 0. The van der Waals surface area contributed by atoms with Crippen LogP contribution in [-0.2, 0) is 20.2 Å². The predicted octanol–water partition coefficient (Wildman–Crippen LogP) is 12.0. The van der Waals surface area contributed by atoms with Gasteiger partial charge in [0.1, 0.15) is 0 Å². The van der Waals surface area contributed by atoms with Gasteiger partial charge in [0.2, 0.25) is 0 Å². The number of hydrogen-bond donors (Lipinski definition) is 0. The van der Waals surface area contributed by atoms with E-state index in [2.05, 4.69) is 13.8 Å². The minimum absolute atomic E-state index is 0. The molecular formula is C38H78CaO6S2. The Hall–Kier alpha value is 1.08. The Morgan fingerprint density at radius 2 is 0.404 bits per heavy atom. The number of rotatable bonds is 36. The van der Waals surface area contributed by atoms with Crippen molar-refractivity contribution in [2.24, 2.45) is 0 Å². The summed E-state index contributed by atoms with van der Waals surface area (Å²) in [6.45, 7) is 4.53. The first-order chi connectivity index (χ1) is 22.1. The van der Waals surface area contributed by atoms with Gasteiger partial charge in [0.05, 0.1) is 20.2 Å². The summed E-state index contributed by atoms with van der Waals surface area (Å²) < 4.78 is 62.6. The van der Waals surface area contributed by atoms with Gasteiger partial charge in [-0.25, -0.2) is 16.8 Å². The van der Waals surface area contributed by atoms with Gasteiger partial charge in [0.15, 0.2) is 0 Å². The monoisotopic (exact) mass is 734 g/mol. The van der Waals surface area contributed by atoms with E-state index in [9.17, 15) is 25.9 Å². The molecule has 6 nitrogen and oxygen atoms in total. The Balaban J connectivity index is -0.000000807. The third-order valence-corrected chi connectivity index (χ3v) is 10.6. The Bertz CT molecular complexity index is 724. The molecule has 0 aliphatic carbocycles. The molecule has 0 saturated heterocycles. The van der Waals surface area contributed by atoms with Crippen LogP contribution in [0.15, 0.2) is 0 Å². The Morgan fingerprint density at radius 3 is 0.532 bits per heavy atom. The molecular weight excluding hydrogens is 657 g/mol. The summed E-state index contributed by atoms with van der Waals surface area (Å²) in [4.78, 5) is 0. The van der Waals surface area contributed by atoms with Gasteiger partial charge in [-0.05, 0) is 12.8 Å². The SMILES string of the molecule is CCCCCCCCCCCCCCCCCCCS(=O)(=O)[O-].CCCCCCCCCCCCCCCCCCCS(=O)(=O)[O-].[Ca+2]. The minimum atomic E-state index is -3.99. The smallest absolute Gasteiger partial charge is 0.748 e. The van der Waals surface area contributed by atoms with Crippen molar-refractivity contribution < 1.29 is 25.9 Å². The van der Waals surface area contributed by atoms with Crippen LogP contribution in [-0.4, -0.2) is 75.2 Å². The van der Waals surface area contributed by atoms with Crippen LogP contribution in [0.1, 0.15) is 232 Å². The molecule has 280 valence electrons. The molecule has 47 heavy (non-hydrogen) atoms. The van der Waals surface area contributed by atoms with Crippen molar-refractivity contribution in [2.75, 3.05) is 11.5 Å². The van der Waals surface area contributed by atoms with Crippen molar-refractivity contribution in [3.63, 3.8) is 0 Å². The predicted molar refractivity (Wildman–Crippen MR) is 203 cm³/mol. The van der Waals surface area contributed by atoms with Crippen LogP contribution in [0.3, 0.4) is 0 Å². The van der Waals surface area contributed by atoms with Crippen LogP contribution >= 0.6 is 0 Å². The molecule has 0 aromatic heterocycles. The maximum atomic E-state index is 10.4. The van der Waals surface area contributed by atoms with Crippen LogP contribution in [0, 0.1) is 0 Å². The van der Waals surface area contributed by atoms with E-state index in [1.54, 1.807) is 0 Å². The first-order valence-corrected chi connectivity index (χ1v) is 23.1. The van der Waals surface area contributed by atoms with Crippen molar-refractivity contribution >= 4 is 58.0 Å². The number of hydrogen-bond acceptors (Lipinski definition) is 6. The summed E-state index contributed by atoms with van der Waals surface area (Å²) in [5.74, 6) is -0.378. The van der Waals surface area contributed by atoms with Crippen LogP contribution in [0.2, 0.25) is 0 Å². The van der Waals surface area contributed by atoms with Crippen molar-refractivity contribution in [1.29, 1.82) is 0 Å². The average molecular weight is 735 g/mol. The van der Waals surface area contributed by atoms with Gasteiger partial charge < -0.3 is 9.11 Å². The summed E-state index contributed by atoms with van der Waals surface area (Å²) >= 11 is 0. The fourth-order valence-corrected chi connectivity index (χ4v) is 7.12. The molecule has 0 spiro atoms. The van der Waals surface area contributed by atoms with Crippen LogP contribution in [0.4, 0.5) is 0 Å². The first-order valence-electron chi connectivity index (χ1n) is 20.0. The molecule has 0 aromatic carbocycles. The second kappa shape index (κ2) is 41.5. The van der Waals surface area contributed by atoms with Gasteiger partial charge >= 0.3 is 37.7 Å². The molecule has 0 aromatic rings. The molecule has 0 N–H and O–H groups in total. The van der Waals surface area contributed by atoms with Gasteiger partial charge in [0.25, 0.3) is 0 Å². The third kappa shape index (κ3) is 56.7. The molecule has 0 bridgehead atoms. The van der Waals surface area contributed by atoms with E-state index >= 15 is 0 Å². The average Bonchev–Trinajstić information content (AvgIpc) is 2.99. The van der Waals surface area contributed by atoms with E-state index < -0.39 is 20.2 Å². The maximum absolute atomic E-state index is 10.4. The summed E-state index contributed by atoms with van der Waals surface area (Å²) in [7, 11) is -7.99. The largest absolute Gasteiger partial charge is 2.00 e. The molecule has 0 aliphatic rings. The molecule has 0 saturated carbocycles. The molecule has 0 fully saturated rings. The van der Waals surface area contributed by atoms with E-state index in [1.165, 1.54) is 180 Å². The van der Waals surface area contributed by atoms with Crippen molar-refractivity contribution in [2.45, 2.75) is 232 Å². The maximum Gasteiger partial charge on any atom is 2.00 e. The topological polar surface area (TPSA) is 114 Å². The van der Waals surface area contributed by atoms with E-state index in [1.807, 2.05) is 0 Å². The van der Waals surface area contributed by atoms with Crippen molar-refractivity contribution in [1.82, 2.24) is 0 Å². The molecule has 9 heteroatoms. The van der Waals surface area contributed by atoms with Crippen molar-refractivity contribution in [3.8, 4) is 0 Å². The molecule has 0 rings (SSSR count). The second-order valence-electron chi connectivity index (χ2n) is 13.8. The molecule has 0 aliphatic heterocycles. The van der Waals surface area contributed by atoms with Gasteiger partial charge in [-0.3, -0.25) is 0 Å². The zero-order chi connectivity index (χ0) is 34.5. The molecule has 0 heterocycles. The van der Waals surface area contributed by atoms with Gasteiger partial charge in [-0.15, -0.1) is 0 Å². The quantitative estimate of drug-likeness (QED) is 0.0359. The van der Waals surface area contributed by atoms with Gasteiger partial charge in [-0.1, -0.05) is 219 Å². The normalized spacial score (nSPS) is 11.7. The van der Waals surface area contributed by atoms with Crippen molar-refractivity contribution in [3.05, 3.63) is 0 Å². The number of unbranched alkanes of at least 4 members (excludes halogenated alkanes) is 32. The van der Waals surface area contributed by atoms with Crippen LogP contribution in [0.5, 0.6) is 0 Å². The Morgan fingerprint density at radius 1 is 0.277 bits per heavy atom. The molecule has 0 unspecified atom stereocenters. The zero-order valence-corrected chi connectivity index (χ0v) is 35.3. The van der Waals surface area contributed by atoms with Crippen LogP contribution < -0.4 is 0 Å². The van der Waals surface area contributed by atoms with Gasteiger partial charge in [0, 0.05) is 11.5 Å². The summed E-state index contributed by atoms with van der Waals surface area (Å²) in [5.41, 5.74) is 0. The van der Waals surface area contributed by atoms with E-state index in [4.69, 9.17) is 0 Å². The Kier molecular flexibility index (Phi) is 46.3. The van der Waals surface area contributed by atoms with E-state index in [0.29, 0.717) is 12.8 Å². The first kappa shape index (κ1) is 52.4. The van der Waals surface area contributed by atoms with E-state index in [-0.39, 0.29) is 49.2 Å². The fraction of sp³-hybridized carbons (Fsp3) is 1.00. The standard InChI is InChI=1S/2C19H40O3S.Ca/c2*1-2-3-4-5-6-7-8-9-10-11-12-13-14-15-16-17-18-19-23(20,21)22;/h2*2-19H2,1H3,(H,20,21,22);/q;;+2/p-2. The summed E-state index contributed by atoms with van der Waals surface area (Å²) in [6, 6.07) is 0. The fourth-order valence-electron chi connectivity index (χ4n) is 6.01. The van der Waals surface area contributed by atoms with E-state index in [0.717, 1.165) is 25.7 Å². The second-order valence-corrected chi connectivity index (χ2v) is 16.9. The molecule has 0 radical (unpaired) electrons. The van der Waals surface area contributed by atoms with Crippen LogP contribution in [0.25, 0.3) is 0 Å².